The highest BCUT2D eigenvalue weighted by molar-refractivity contribution is 6.30. The molecule has 1 rings (SSSR count). The lowest BCUT2D eigenvalue weighted by Crippen LogP contribution is -2.46. The number of carbonyl (C=O) groups excluding carboxylic acids is 1. The molecule has 1 aromatic rings. The quantitative estimate of drug-likeness (QED) is 0.848. The van der Waals surface area contributed by atoms with Crippen LogP contribution in [0.3, 0.4) is 0 Å². The lowest BCUT2D eigenvalue weighted by molar-refractivity contribution is 0.0727. The van der Waals surface area contributed by atoms with E-state index in [4.69, 9.17) is 16.3 Å². The molecule has 21 heavy (non-hydrogen) atoms. The van der Waals surface area contributed by atoms with Gasteiger partial charge >= 0.3 is 6.03 Å². The summed E-state index contributed by atoms with van der Waals surface area (Å²) in [6.45, 7) is 3.78. The van der Waals surface area contributed by atoms with E-state index in [0.717, 1.165) is 5.56 Å². The minimum atomic E-state index is -0.564. The Kier molecular flexibility index (Phi) is 6.95. The predicted molar refractivity (Wildman–Crippen MR) is 83.5 cm³/mol. The second-order valence-electron chi connectivity index (χ2n) is 5.18. The molecule has 0 saturated carbocycles. The van der Waals surface area contributed by atoms with E-state index in [0.29, 0.717) is 5.02 Å². The van der Waals surface area contributed by atoms with Crippen LogP contribution in [0.1, 0.15) is 25.5 Å². The second-order valence-corrected chi connectivity index (χ2v) is 5.61. The van der Waals surface area contributed by atoms with Crippen LogP contribution in [0.25, 0.3) is 0 Å². The molecular formula is C15H23ClN2O3. The Morgan fingerprint density at radius 3 is 2.43 bits per heavy atom. The molecule has 0 heterocycles. The van der Waals surface area contributed by atoms with Gasteiger partial charge in [0.1, 0.15) is 6.10 Å². The normalized spacial score (nSPS) is 15.1. The zero-order chi connectivity index (χ0) is 16.0. The molecule has 0 bridgehead atoms. The standard InChI is InChI=1S/C15H23ClN2O3/c1-10(19)9-18(3)15(20)17-11(2)14(21-4)12-5-7-13(16)8-6-12/h5-8,10-11,14,19H,9H2,1-4H3,(H,17,20). The molecule has 3 atom stereocenters. The molecule has 0 spiro atoms. The molecule has 0 aromatic heterocycles. The van der Waals surface area contributed by atoms with E-state index in [1.807, 2.05) is 19.1 Å². The van der Waals surface area contributed by atoms with Gasteiger partial charge < -0.3 is 20.1 Å². The number of halogens is 1. The molecule has 2 N–H and O–H groups in total. The van der Waals surface area contributed by atoms with E-state index < -0.39 is 6.10 Å². The number of rotatable bonds is 6. The summed E-state index contributed by atoms with van der Waals surface area (Å²) in [4.78, 5) is 13.5. The SMILES string of the molecule is COC(c1ccc(Cl)cc1)C(C)NC(=O)N(C)CC(C)O. The van der Waals surface area contributed by atoms with Gasteiger partial charge in [-0.3, -0.25) is 0 Å². The lowest BCUT2D eigenvalue weighted by atomic mass is 10.0. The summed E-state index contributed by atoms with van der Waals surface area (Å²) in [5.74, 6) is 0. The Morgan fingerprint density at radius 2 is 1.95 bits per heavy atom. The number of hydrogen-bond donors (Lipinski definition) is 2. The van der Waals surface area contributed by atoms with Crippen LogP contribution in [0.15, 0.2) is 24.3 Å². The van der Waals surface area contributed by atoms with E-state index in [1.54, 1.807) is 33.2 Å². The summed E-state index contributed by atoms with van der Waals surface area (Å²) in [7, 11) is 3.24. The van der Waals surface area contributed by atoms with Crippen molar-refractivity contribution in [2.75, 3.05) is 20.7 Å². The number of nitrogens with one attached hydrogen (secondary N) is 1. The third-order valence-corrected chi connectivity index (χ3v) is 3.39. The van der Waals surface area contributed by atoms with Crippen molar-refractivity contribution in [1.29, 1.82) is 0 Å². The van der Waals surface area contributed by atoms with Crippen LogP contribution in [-0.4, -0.2) is 48.9 Å². The third-order valence-electron chi connectivity index (χ3n) is 3.14. The molecule has 0 aliphatic carbocycles. The monoisotopic (exact) mass is 314 g/mol. The first-order chi connectivity index (χ1) is 9.85. The Balaban J connectivity index is 2.69. The number of likely N-dealkylation sites (N-methyl/N-ethyl adjacent to an activating group) is 1. The van der Waals surface area contributed by atoms with Crippen LogP contribution in [0.4, 0.5) is 4.79 Å². The van der Waals surface area contributed by atoms with E-state index >= 15 is 0 Å². The van der Waals surface area contributed by atoms with Crippen molar-refractivity contribution in [2.24, 2.45) is 0 Å². The van der Waals surface area contributed by atoms with Crippen LogP contribution in [0.5, 0.6) is 0 Å². The van der Waals surface area contributed by atoms with Crippen LogP contribution in [0.2, 0.25) is 5.02 Å². The molecule has 5 nitrogen and oxygen atoms in total. The van der Waals surface area contributed by atoms with E-state index in [2.05, 4.69) is 5.32 Å². The van der Waals surface area contributed by atoms with Crippen LogP contribution in [-0.2, 0) is 4.74 Å². The smallest absolute Gasteiger partial charge is 0.317 e. The van der Waals surface area contributed by atoms with Crippen LogP contribution in [0, 0.1) is 0 Å². The molecular weight excluding hydrogens is 292 g/mol. The number of ether oxygens (including phenoxy) is 1. The summed E-state index contributed by atoms with van der Waals surface area (Å²) in [6.07, 6.45) is -0.836. The number of nitrogens with zero attached hydrogens (tertiary/aromatic N) is 1. The Hall–Kier alpha value is -1.30. The fourth-order valence-electron chi connectivity index (χ4n) is 2.14. The fraction of sp³-hybridized carbons (Fsp3) is 0.533. The molecule has 0 radical (unpaired) electrons. The first-order valence-electron chi connectivity index (χ1n) is 6.83. The summed E-state index contributed by atoms with van der Waals surface area (Å²) in [5, 5.41) is 12.8. The minimum Gasteiger partial charge on any atom is -0.392 e. The molecule has 1 aromatic carbocycles. The summed E-state index contributed by atoms with van der Waals surface area (Å²) >= 11 is 5.87. The van der Waals surface area contributed by atoms with Gasteiger partial charge in [0.2, 0.25) is 0 Å². The fourth-order valence-corrected chi connectivity index (χ4v) is 2.27. The van der Waals surface area contributed by atoms with Gasteiger partial charge in [0, 0.05) is 25.7 Å². The molecule has 3 unspecified atom stereocenters. The van der Waals surface area contributed by atoms with Crippen molar-refractivity contribution in [3.8, 4) is 0 Å². The number of hydrogen-bond acceptors (Lipinski definition) is 3. The van der Waals surface area contributed by atoms with Crippen LogP contribution >= 0.6 is 11.6 Å². The highest BCUT2D eigenvalue weighted by atomic mass is 35.5. The summed E-state index contributed by atoms with van der Waals surface area (Å²) in [6, 6.07) is 6.85. The van der Waals surface area contributed by atoms with Crippen molar-refractivity contribution in [2.45, 2.75) is 32.1 Å². The topological polar surface area (TPSA) is 61.8 Å². The third kappa shape index (κ3) is 5.53. The lowest BCUT2D eigenvalue weighted by Gasteiger charge is -2.27. The van der Waals surface area contributed by atoms with Crippen molar-refractivity contribution in [3.63, 3.8) is 0 Å². The van der Waals surface area contributed by atoms with Crippen molar-refractivity contribution < 1.29 is 14.6 Å². The molecule has 6 heteroatoms. The molecule has 0 saturated heterocycles. The van der Waals surface area contributed by atoms with Gasteiger partial charge in [0.05, 0.1) is 12.1 Å². The predicted octanol–water partition coefficient (Wildman–Crippen LogP) is 2.44. The summed E-state index contributed by atoms with van der Waals surface area (Å²) in [5.41, 5.74) is 0.938. The number of amides is 2. The van der Waals surface area contributed by atoms with Gasteiger partial charge in [-0.15, -0.1) is 0 Å². The molecule has 0 fully saturated rings. The maximum Gasteiger partial charge on any atom is 0.317 e. The number of aliphatic hydroxyl groups is 1. The van der Waals surface area contributed by atoms with Crippen LogP contribution < -0.4 is 5.32 Å². The van der Waals surface area contributed by atoms with E-state index in [-0.39, 0.29) is 24.7 Å². The zero-order valence-electron chi connectivity index (χ0n) is 12.8. The average Bonchev–Trinajstić information content (AvgIpc) is 2.40. The van der Waals surface area contributed by atoms with E-state index in [1.165, 1.54) is 4.90 Å². The van der Waals surface area contributed by atoms with Gasteiger partial charge in [-0.2, -0.15) is 0 Å². The maximum atomic E-state index is 12.0. The Morgan fingerprint density at radius 1 is 1.38 bits per heavy atom. The van der Waals surface area contributed by atoms with Gasteiger partial charge in [0.15, 0.2) is 0 Å². The van der Waals surface area contributed by atoms with Crippen molar-refractivity contribution >= 4 is 17.6 Å². The molecule has 0 aliphatic heterocycles. The number of benzene rings is 1. The highest BCUT2D eigenvalue weighted by Gasteiger charge is 2.22. The highest BCUT2D eigenvalue weighted by Crippen LogP contribution is 2.22. The summed E-state index contributed by atoms with van der Waals surface area (Å²) < 4.78 is 5.47. The first-order valence-corrected chi connectivity index (χ1v) is 7.21. The maximum absolute atomic E-state index is 12.0. The molecule has 0 aliphatic rings. The molecule has 2 amide bonds. The largest absolute Gasteiger partial charge is 0.392 e. The number of aliphatic hydroxyl groups excluding tert-OH is 1. The van der Waals surface area contributed by atoms with Crippen molar-refractivity contribution in [1.82, 2.24) is 10.2 Å². The number of methoxy groups -OCH3 is 1. The number of carbonyl (C=O) groups is 1. The minimum absolute atomic E-state index is 0.222. The second kappa shape index (κ2) is 8.22. The number of urea groups is 1. The Bertz CT molecular complexity index is 451. The van der Waals surface area contributed by atoms with Gasteiger partial charge in [-0.25, -0.2) is 4.79 Å². The van der Waals surface area contributed by atoms with Gasteiger partial charge in [-0.1, -0.05) is 23.7 Å². The van der Waals surface area contributed by atoms with E-state index in [9.17, 15) is 9.90 Å². The average molecular weight is 315 g/mol. The molecule has 118 valence electrons. The van der Waals surface area contributed by atoms with Gasteiger partial charge in [-0.05, 0) is 31.5 Å². The van der Waals surface area contributed by atoms with Crippen molar-refractivity contribution in [3.05, 3.63) is 34.9 Å². The first kappa shape index (κ1) is 17.8. The zero-order valence-corrected chi connectivity index (χ0v) is 13.6. The Labute approximate surface area is 130 Å². The van der Waals surface area contributed by atoms with Gasteiger partial charge in [0.25, 0.3) is 0 Å².